The van der Waals surface area contributed by atoms with E-state index in [9.17, 15) is 4.79 Å². The molecule has 0 atom stereocenters. The average Bonchev–Trinajstić information content (AvgIpc) is 2.96. The quantitative estimate of drug-likeness (QED) is 0.725. The van der Waals surface area contributed by atoms with Gasteiger partial charge >= 0.3 is 0 Å². The Hall–Kier alpha value is -2.69. The number of hydrogen-bond donors (Lipinski definition) is 0. The number of pyridine rings is 1. The Morgan fingerprint density at radius 3 is 2.74 bits per heavy atom. The van der Waals surface area contributed by atoms with E-state index in [-0.39, 0.29) is 5.91 Å². The lowest BCUT2D eigenvalue weighted by molar-refractivity contribution is 0.0986. The summed E-state index contributed by atoms with van der Waals surface area (Å²) >= 11 is 0. The maximum absolute atomic E-state index is 13.0. The van der Waals surface area contributed by atoms with Crippen molar-refractivity contribution in [3.05, 3.63) is 54.5 Å². The molecule has 2 heterocycles. The number of nitrogens with zero attached hydrogens (tertiary/aromatic N) is 4. The van der Waals surface area contributed by atoms with Crippen LogP contribution >= 0.6 is 0 Å². The maximum atomic E-state index is 13.0. The molecule has 3 aromatic rings. The minimum atomic E-state index is -0.0373. The second-order valence-corrected chi connectivity index (χ2v) is 5.57. The van der Waals surface area contributed by atoms with Crippen LogP contribution in [0.4, 0.5) is 5.69 Å². The zero-order valence-electron chi connectivity index (χ0n) is 13.4. The van der Waals surface area contributed by atoms with Gasteiger partial charge in [-0.2, -0.15) is 0 Å². The van der Waals surface area contributed by atoms with E-state index in [1.165, 1.54) is 0 Å². The maximum Gasteiger partial charge on any atom is 0.259 e. The molecular weight excluding hydrogens is 288 g/mol. The second kappa shape index (κ2) is 6.60. The van der Waals surface area contributed by atoms with Gasteiger partial charge in [0.2, 0.25) is 0 Å². The Kier molecular flexibility index (Phi) is 4.37. The number of aromatic nitrogens is 3. The van der Waals surface area contributed by atoms with Gasteiger partial charge in [0.05, 0.1) is 11.9 Å². The van der Waals surface area contributed by atoms with E-state index in [1.807, 2.05) is 52.9 Å². The van der Waals surface area contributed by atoms with Gasteiger partial charge in [-0.15, -0.1) is 0 Å². The molecule has 3 rings (SSSR count). The summed E-state index contributed by atoms with van der Waals surface area (Å²) < 4.78 is 1.84. The number of benzene rings is 1. The summed E-state index contributed by atoms with van der Waals surface area (Å²) in [6.07, 6.45) is 5.33. The summed E-state index contributed by atoms with van der Waals surface area (Å²) in [6.45, 7) is 2.81. The van der Waals surface area contributed by atoms with Crippen LogP contribution in [0.3, 0.4) is 0 Å². The first kappa shape index (κ1) is 15.2. The van der Waals surface area contributed by atoms with E-state index < -0.39 is 0 Å². The summed E-state index contributed by atoms with van der Waals surface area (Å²) in [5.41, 5.74) is 2.99. The number of para-hydroxylation sites is 1. The van der Waals surface area contributed by atoms with Gasteiger partial charge < -0.3 is 9.47 Å². The monoisotopic (exact) mass is 308 g/mol. The number of rotatable bonds is 5. The third kappa shape index (κ3) is 3.08. The zero-order valence-corrected chi connectivity index (χ0v) is 13.4. The summed E-state index contributed by atoms with van der Waals surface area (Å²) in [5.74, 6) is -0.0373. The molecule has 23 heavy (non-hydrogen) atoms. The van der Waals surface area contributed by atoms with Crippen LogP contribution in [0.25, 0.3) is 11.2 Å². The number of imidazole rings is 1. The second-order valence-electron chi connectivity index (χ2n) is 5.57. The van der Waals surface area contributed by atoms with Gasteiger partial charge in [0.25, 0.3) is 5.91 Å². The molecule has 5 nitrogen and oxygen atoms in total. The van der Waals surface area contributed by atoms with Gasteiger partial charge in [-0.3, -0.25) is 4.79 Å². The van der Waals surface area contributed by atoms with Crippen LogP contribution in [0.15, 0.2) is 48.9 Å². The van der Waals surface area contributed by atoms with E-state index in [0.29, 0.717) is 12.1 Å². The van der Waals surface area contributed by atoms with Crippen LogP contribution < -0.4 is 4.90 Å². The van der Waals surface area contributed by atoms with Crippen LogP contribution in [0.2, 0.25) is 0 Å². The van der Waals surface area contributed by atoms with Crippen LogP contribution in [-0.2, 0) is 7.05 Å². The molecule has 0 radical (unpaired) electrons. The summed E-state index contributed by atoms with van der Waals surface area (Å²) in [6, 6.07) is 11.6. The molecule has 0 aliphatic rings. The van der Waals surface area contributed by atoms with Crippen molar-refractivity contribution >= 4 is 22.8 Å². The Morgan fingerprint density at radius 1 is 1.22 bits per heavy atom. The SMILES string of the molecule is CCCCN(C(=O)c1cnc2c(c1)ncn2C)c1ccccc1. The van der Waals surface area contributed by atoms with Crippen LogP contribution in [0.5, 0.6) is 0 Å². The smallest absolute Gasteiger partial charge is 0.259 e. The molecule has 0 bridgehead atoms. The van der Waals surface area contributed by atoms with Gasteiger partial charge in [0.1, 0.15) is 5.52 Å². The summed E-state index contributed by atoms with van der Waals surface area (Å²) in [4.78, 5) is 23.4. The number of hydrogen-bond acceptors (Lipinski definition) is 3. The van der Waals surface area contributed by atoms with Gasteiger partial charge in [-0.25, -0.2) is 9.97 Å². The third-order valence-electron chi connectivity index (χ3n) is 3.85. The average molecular weight is 308 g/mol. The molecular formula is C18H20N4O. The molecule has 0 aliphatic carbocycles. The Balaban J connectivity index is 1.95. The van der Waals surface area contributed by atoms with Gasteiger partial charge in [-0.1, -0.05) is 31.5 Å². The highest BCUT2D eigenvalue weighted by atomic mass is 16.2. The van der Waals surface area contributed by atoms with Gasteiger partial charge in [-0.05, 0) is 24.6 Å². The van der Waals surface area contributed by atoms with E-state index in [4.69, 9.17) is 0 Å². The molecule has 2 aromatic heterocycles. The molecule has 1 aromatic carbocycles. The molecule has 0 saturated heterocycles. The fourth-order valence-corrected chi connectivity index (χ4v) is 2.56. The molecule has 0 aliphatic heterocycles. The Labute approximate surface area is 135 Å². The number of aryl methyl sites for hydroxylation is 1. The first-order valence-corrected chi connectivity index (χ1v) is 7.84. The van der Waals surface area contributed by atoms with E-state index in [0.717, 1.165) is 29.7 Å². The number of carbonyl (C=O) groups is 1. The number of amides is 1. The van der Waals surface area contributed by atoms with Crippen molar-refractivity contribution in [3.63, 3.8) is 0 Å². The molecule has 118 valence electrons. The van der Waals surface area contributed by atoms with E-state index >= 15 is 0 Å². The summed E-state index contributed by atoms with van der Waals surface area (Å²) in [5, 5.41) is 0. The van der Waals surface area contributed by atoms with Crippen LogP contribution in [-0.4, -0.2) is 27.0 Å². The first-order chi connectivity index (χ1) is 11.2. The molecule has 0 N–H and O–H groups in total. The predicted molar refractivity (Wildman–Crippen MR) is 91.5 cm³/mol. The van der Waals surface area contributed by atoms with Crippen molar-refractivity contribution in [2.75, 3.05) is 11.4 Å². The summed E-state index contributed by atoms with van der Waals surface area (Å²) in [7, 11) is 1.89. The number of unbranched alkanes of at least 4 members (excludes halogenated alkanes) is 1. The Morgan fingerprint density at radius 2 is 2.00 bits per heavy atom. The lowest BCUT2D eigenvalue weighted by Gasteiger charge is -2.22. The van der Waals surface area contributed by atoms with E-state index in [2.05, 4.69) is 16.9 Å². The number of carbonyl (C=O) groups excluding carboxylic acids is 1. The molecule has 0 unspecified atom stereocenters. The lowest BCUT2D eigenvalue weighted by Crippen LogP contribution is -2.32. The fraction of sp³-hybridized carbons (Fsp3) is 0.278. The highest BCUT2D eigenvalue weighted by molar-refractivity contribution is 6.07. The van der Waals surface area contributed by atoms with Crippen molar-refractivity contribution < 1.29 is 4.79 Å². The Bertz CT molecular complexity index is 810. The standard InChI is InChI=1S/C18H20N4O/c1-3-4-10-22(15-8-6-5-7-9-15)18(23)14-11-16-17(19-12-14)21(2)13-20-16/h5-9,11-13H,3-4,10H2,1-2H3. The molecule has 0 spiro atoms. The number of anilines is 1. The zero-order chi connectivity index (χ0) is 16.2. The van der Waals surface area contributed by atoms with Gasteiger partial charge in [0, 0.05) is 25.5 Å². The highest BCUT2D eigenvalue weighted by Crippen LogP contribution is 2.19. The number of fused-ring (bicyclic) bond motifs is 1. The van der Waals surface area contributed by atoms with Crippen molar-refractivity contribution in [3.8, 4) is 0 Å². The molecule has 0 fully saturated rings. The van der Waals surface area contributed by atoms with Crippen molar-refractivity contribution in [2.45, 2.75) is 19.8 Å². The molecule has 1 amide bonds. The van der Waals surface area contributed by atoms with Crippen LogP contribution in [0.1, 0.15) is 30.1 Å². The lowest BCUT2D eigenvalue weighted by atomic mass is 10.2. The fourth-order valence-electron chi connectivity index (χ4n) is 2.56. The van der Waals surface area contributed by atoms with Crippen molar-refractivity contribution in [1.29, 1.82) is 0 Å². The van der Waals surface area contributed by atoms with Gasteiger partial charge in [0.15, 0.2) is 5.65 Å². The van der Waals surface area contributed by atoms with Crippen molar-refractivity contribution in [1.82, 2.24) is 14.5 Å². The normalized spacial score (nSPS) is 10.9. The predicted octanol–water partition coefficient (Wildman–Crippen LogP) is 3.42. The minimum Gasteiger partial charge on any atom is -0.318 e. The van der Waals surface area contributed by atoms with Crippen LogP contribution in [0, 0.1) is 0 Å². The molecule has 0 saturated carbocycles. The minimum absolute atomic E-state index is 0.0373. The van der Waals surface area contributed by atoms with E-state index in [1.54, 1.807) is 12.5 Å². The largest absolute Gasteiger partial charge is 0.318 e. The topological polar surface area (TPSA) is 51.0 Å². The van der Waals surface area contributed by atoms with Crippen molar-refractivity contribution in [2.24, 2.45) is 7.05 Å². The highest BCUT2D eigenvalue weighted by Gasteiger charge is 2.18. The first-order valence-electron chi connectivity index (χ1n) is 7.84. The molecule has 5 heteroatoms. The third-order valence-corrected chi connectivity index (χ3v) is 3.85.